The lowest BCUT2D eigenvalue weighted by Crippen LogP contribution is -2.60. The number of nitrogens with one attached hydrogen (secondary N) is 1. The molecule has 0 unspecified atom stereocenters. The van der Waals surface area contributed by atoms with Gasteiger partial charge >= 0.3 is 6.09 Å². The summed E-state index contributed by atoms with van der Waals surface area (Å²) in [5.41, 5.74) is 1.73. The van der Waals surface area contributed by atoms with Gasteiger partial charge in [0.05, 0.1) is 11.1 Å². The lowest BCUT2D eigenvalue weighted by Gasteiger charge is -2.47. The Labute approximate surface area is 221 Å². The SMILES string of the molecule is CCOC1(C)CN(Cc2cccc(F)c2CNc2cc(F)c(S(=O)(=O)N(C(=O)O)c3cscn3)c(F)c2)C1. The van der Waals surface area contributed by atoms with Crippen molar-refractivity contribution >= 4 is 39.0 Å². The van der Waals surface area contributed by atoms with Gasteiger partial charge < -0.3 is 15.2 Å². The minimum absolute atomic E-state index is 0.135. The number of thiazole rings is 1. The van der Waals surface area contributed by atoms with E-state index >= 15 is 0 Å². The van der Waals surface area contributed by atoms with E-state index in [2.05, 4.69) is 15.2 Å². The van der Waals surface area contributed by atoms with Gasteiger partial charge in [0.25, 0.3) is 10.0 Å². The summed E-state index contributed by atoms with van der Waals surface area (Å²) in [5.74, 6) is -4.06. The number of hydrogen-bond acceptors (Lipinski definition) is 8. The molecule has 0 saturated carbocycles. The summed E-state index contributed by atoms with van der Waals surface area (Å²) in [6.07, 6.45) is -1.98. The zero-order valence-electron chi connectivity index (χ0n) is 20.4. The van der Waals surface area contributed by atoms with Crippen LogP contribution in [0.2, 0.25) is 0 Å². The van der Waals surface area contributed by atoms with E-state index in [9.17, 15) is 31.5 Å². The first kappa shape index (κ1) is 27.8. The highest BCUT2D eigenvalue weighted by atomic mass is 32.2. The van der Waals surface area contributed by atoms with Crippen LogP contribution in [0.25, 0.3) is 0 Å². The van der Waals surface area contributed by atoms with Crippen LogP contribution >= 0.6 is 11.3 Å². The molecule has 1 aliphatic heterocycles. The molecular weight excluding hydrogens is 545 g/mol. The Kier molecular flexibility index (Phi) is 7.97. The van der Waals surface area contributed by atoms with Crippen LogP contribution in [0.1, 0.15) is 25.0 Å². The molecule has 0 aliphatic carbocycles. The van der Waals surface area contributed by atoms with Crippen molar-refractivity contribution in [1.29, 1.82) is 0 Å². The molecule has 2 heterocycles. The highest BCUT2D eigenvalue weighted by Gasteiger charge is 2.39. The average Bonchev–Trinajstić information content (AvgIpc) is 3.30. The molecule has 1 fully saturated rings. The summed E-state index contributed by atoms with van der Waals surface area (Å²) in [7, 11) is -5.18. The smallest absolute Gasteiger partial charge is 0.427 e. The minimum Gasteiger partial charge on any atom is -0.464 e. The Hall–Kier alpha value is -3.20. The summed E-state index contributed by atoms with van der Waals surface area (Å²) >= 11 is 0.907. The second kappa shape index (κ2) is 10.9. The Balaban J connectivity index is 1.53. The predicted molar refractivity (Wildman–Crippen MR) is 135 cm³/mol. The predicted octanol–water partition coefficient (Wildman–Crippen LogP) is 4.66. The third kappa shape index (κ3) is 5.62. The molecule has 204 valence electrons. The molecular formula is C24H25F3N4O5S2. The van der Waals surface area contributed by atoms with E-state index in [1.807, 2.05) is 13.8 Å². The van der Waals surface area contributed by atoms with Crippen molar-refractivity contribution in [3.05, 3.63) is 69.8 Å². The number of aromatic nitrogens is 1. The monoisotopic (exact) mass is 570 g/mol. The summed E-state index contributed by atoms with van der Waals surface area (Å²) < 4.78 is 75.8. The van der Waals surface area contributed by atoms with Gasteiger partial charge in [-0.05, 0) is 37.6 Å². The van der Waals surface area contributed by atoms with Crippen molar-refractivity contribution < 1.29 is 36.2 Å². The molecule has 14 heteroatoms. The first-order chi connectivity index (χ1) is 17.9. The van der Waals surface area contributed by atoms with Crippen molar-refractivity contribution in [3.8, 4) is 0 Å². The van der Waals surface area contributed by atoms with E-state index in [0.717, 1.165) is 16.7 Å². The van der Waals surface area contributed by atoms with E-state index in [1.54, 1.807) is 12.1 Å². The Morgan fingerprint density at radius 3 is 2.50 bits per heavy atom. The zero-order valence-corrected chi connectivity index (χ0v) is 22.1. The molecule has 1 saturated heterocycles. The van der Waals surface area contributed by atoms with Crippen molar-refractivity contribution in [2.24, 2.45) is 0 Å². The molecule has 0 atom stereocenters. The van der Waals surface area contributed by atoms with E-state index in [0.29, 0.717) is 43.9 Å². The number of ether oxygens (including phenoxy) is 1. The van der Waals surface area contributed by atoms with Crippen molar-refractivity contribution in [2.45, 2.75) is 37.4 Å². The molecule has 2 aromatic carbocycles. The maximum absolute atomic E-state index is 14.9. The lowest BCUT2D eigenvalue weighted by atomic mass is 9.94. The van der Waals surface area contributed by atoms with Gasteiger partial charge in [-0.1, -0.05) is 12.1 Å². The van der Waals surface area contributed by atoms with Gasteiger partial charge in [-0.25, -0.2) is 31.4 Å². The normalized spacial score (nSPS) is 15.2. The summed E-state index contributed by atoms with van der Waals surface area (Å²) in [6, 6.07) is 6.02. The van der Waals surface area contributed by atoms with Crippen LogP contribution < -0.4 is 9.62 Å². The molecule has 0 spiro atoms. The largest absolute Gasteiger partial charge is 0.464 e. The first-order valence-electron chi connectivity index (χ1n) is 11.5. The number of anilines is 2. The minimum atomic E-state index is -5.18. The van der Waals surface area contributed by atoms with Crippen LogP contribution in [0.15, 0.2) is 46.1 Å². The third-order valence-electron chi connectivity index (χ3n) is 5.99. The fraction of sp³-hybridized carbons (Fsp3) is 0.333. The van der Waals surface area contributed by atoms with Gasteiger partial charge in [0, 0.05) is 49.4 Å². The fourth-order valence-corrected chi connectivity index (χ4v) is 6.39. The molecule has 38 heavy (non-hydrogen) atoms. The number of sulfonamides is 1. The molecule has 1 aliphatic rings. The van der Waals surface area contributed by atoms with E-state index in [-0.39, 0.29) is 27.7 Å². The van der Waals surface area contributed by atoms with Crippen LogP contribution in [-0.2, 0) is 27.8 Å². The van der Waals surface area contributed by atoms with Crippen molar-refractivity contribution in [2.75, 3.05) is 29.3 Å². The van der Waals surface area contributed by atoms with Crippen LogP contribution in [0.4, 0.5) is 29.5 Å². The van der Waals surface area contributed by atoms with Gasteiger partial charge in [0.15, 0.2) is 10.7 Å². The van der Waals surface area contributed by atoms with E-state index in [4.69, 9.17) is 4.74 Å². The molecule has 1 amide bonds. The maximum Gasteiger partial charge on any atom is 0.427 e. The summed E-state index contributed by atoms with van der Waals surface area (Å²) in [5, 5.41) is 13.2. The van der Waals surface area contributed by atoms with Gasteiger partial charge in [0.1, 0.15) is 17.5 Å². The number of hydrogen-bond donors (Lipinski definition) is 2. The quantitative estimate of drug-likeness (QED) is 0.362. The Bertz CT molecular complexity index is 1410. The summed E-state index contributed by atoms with van der Waals surface area (Å²) in [4.78, 5) is 15.9. The first-order valence-corrected chi connectivity index (χ1v) is 13.9. The van der Waals surface area contributed by atoms with E-state index < -0.39 is 44.3 Å². The molecule has 9 nitrogen and oxygen atoms in total. The van der Waals surface area contributed by atoms with Crippen LogP contribution in [0.3, 0.4) is 0 Å². The number of carbonyl (C=O) groups is 1. The zero-order chi connectivity index (χ0) is 27.7. The van der Waals surface area contributed by atoms with Crippen LogP contribution in [-0.4, -0.2) is 54.8 Å². The number of rotatable bonds is 10. The topological polar surface area (TPSA) is 112 Å². The van der Waals surface area contributed by atoms with Gasteiger partial charge in [-0.15, -0.1) is 15.6 Å². The van der Waals surface area contributed by atoms with Crippen molar-refractivity contribution in [3.63, 3.8) is 0 Å². The van der Waals surface area contributed by atoms with Crippen LogP contribution in [0, 0.1) is 17.5 Å². The van der Waals surface area contributed by atoms with Crippen LogP contribution in [0.5, 0.6) is 0 Å². The standard InChI is InChI=1S/C24H25F3N4O5S2/c1-3-36-24(2)12-30(13-24)10-15-5-4-6-18(25)17(15)9-28-16-7-19(26)22(20(27)8-16)38(34,35)31(23(32)33)21-11-37-14-29-21/h4-8,11,14,28H,3,9-10,12-13H2,1-2H3,(H,32,33). The number of nitrogens with zero attached hydrogens (tertiary/aromatic N) is 3. The summed E-state index contributed by atoms with van der Waals surface area (Å²) in [6.45, 7) is 6.16. The molecule has 4 rings (SSSR count). The van der Waals surface area contributed by atoms with Gasteiger partial charge in [-0.3, -0.25) is 4.90 Å². The van der Waals surface area contributed by atoms with E-state index in [1.165, 1.54) is 11.6 Å². The second-order valence-corrected chi connectivity index (χ2v) is 11.4. The number of halogens is 3. The fourth-order valence-electron chi connectivity index (χ4n) is 4.46. The number of carboxylic acid groups (broad SMARTS) is 1. The van der Waals surface area contributed by atoms with Crippen molar-refractivity contribution in [1.82, 2.24) is 9.88 Å². The molecule has 0 bridgehead atoms. The molecule has 1 aromatic heterocycles. The maximum atomic E-state index is 14.9. The van der Waals surface area contributed by atoms with Gasteiger partial charge in [-0.2, -0.15) is 0 Å². The Morgan fingerprint density at radius 2 is 1.92 bits per heavy atom. The molecule has 3 aromatic rings. The Morgan fingerprint density at radius 1 is 1.24 bits per heavy atom. The number of benzene rings is 2. The second-order valence-electron chi connectivity index (χ2n) is 8.93. The lowest BCUT2D eigenvalue weighted by molar-refractivity contribution is -0.131. The number of likely N-dealkylation sites (tertiary alicyclic amines) is 1. The highest BCUT2D eigenvalue weighted by molar-refractivity contribution is 7.93. The average molecular weight is 571 g/mol. The number of amides is 1. The molecule has 2 N–H and O–H groups in total. The van der Waals surface area contributed by atoms with Gasteiger partial charge in [0.2, 0.25) is 0 Å². The molecule has 0 radical (unpaired) electrons. The third-order valence-corrected chi connectivity index (χ3v) is 8.29. The highest BCUT2D eigenvalue weighted by Crippen LogP contribution is 2.31.